The Kier molecular flexibility index (Phi) is 3.30. The predicted molar refractivity (Wildman–Crippen MR) is 64.6 cm³/mol. The van der Waals surface area contributed by atoms with Crippen LogP contribution in [-0.2, 0) is 10.0 Å². The highest BCUT2D eigenvalue weighted by Crippen LogP contribution is 2.31. The second-order valence-electron chi connectivity index (χ2n) is 4.22. The molecule has 2 heterocycles. The molecule has 1 unspecified atom stereocenters. The highest BCUT2D eigenvalue weighted by molar-refractivity contribution is 7.88. The first-order valence-electron chi connectivity index (χ1n) is 5.54. The van der Waals surface area contributed by atoms with E-state index in [0.717, 1.165) is 19.3 Å². The van der Waals surface area contributed by atoms with Gasteiger partial charge in [0, 0.05) is 12.7 Å². The maximum absolute atomic E-state index is 11.7. The van der Waals surface area contributed by atoms with E-state index in [9.17, 15) is 8.42 Å². The highest BCUT2D eigenvalue weighted by Gasteiger charge is 2.31. The van der Waals surface area contributed by atoms with Crippen LogP contribution in [0.1, 0.15) is 31.0 Å². The van der Waals surface area contributed by atoms with Crippen molar-refractivity contribution in [3.05, 3.63) is 18.0 Å². The molecular formula is C10H16N4O2S. The third-order valence-electron chi connectivity index (χ3n) is 2.92. The normalized spacial score (nSPS) is 22.5. The summed E-state index contributed by atoms with van der Waals surface area (Å²) in [5, 5.41) is 0. The topological polar surface area (TPSA) is 89.2 Å². The highest BCUT2D eigenvalue weighted by atomic mass is 32.2. The van der Waals surface area contributed by atoms with Gasteiger partial charge in [-0.15, -0.1) is 0 Å². The molecule has 0 amide bonds. The fourth-order valence-corrected chi connectivity index (χ4v) is 3.31. The summed E-state index contributed by atoms with van der Waals surface area (Å²) in [4.78, 5) is 7.94. The van der Waals surface area contributed by atoms with Gasteiger partial charge in [-0.3, -0.25) is 0 Å². The molecule has 1 saturated heterocycles. The lowest BCUT2D eigenvalue weighted by molar-refractivity contribution is 0.253. The number of nitrogens with two attached hydrogens (primary N) is 1. The summed E-state index contributed by atoms with van der Waals surface area (Å²) in [6, 6.07) is 1.52. The van der Waals surface area contributed by atoms with Crippen LogP contribution in [0.5, 0.6) is 0 Å². The van der Waals surface area contributed by atoms with Crippen molar-refractivity contribution < 1.29 is 8.42 Å². The molecule has 94 valence electrons. The number of anilines is 1. The second kappa shape index (κ2) is 4.58. The van der Waals surface area contributed by atoms with Crippen LogP contribution in [0.3, 0.4) is 0 Å². The van der Waals surface area contributed by atoms with E-state index < -0.39 is 10.0 Å². The van der Waals surface area contributed by atoms with Crippen LogP contribution < -0.4 is 5.73 Å². The quantitative estimate of drug-likeness (QED) is 0.834. The summed E-state index contributed by atoms with van der Waals surface area (Å²) in [5.41, 5.74) is 6.21. The lowest BCUT2D eigenvalue weighted by Gasteiger charge is -2.33. The largest absolute Gasteiger partial charge is 0.368 e. The van der Waals surface area contributed by atoms with Crippen molar-refractivity contribution >= 4 is 16.0 Å². The van der Waals surface area contributed by atoms with Crippen molar-refractivity contribution in [2.75, 3.05) is 18.5 Å². The van der Waals surface area contributed by atoms with E-state index in [0.29, 0.717) is 12.2 Å². The van der Waals surface area contributed by atoms with Crippen molar-refractivity contribution in [1.29, 1.82) is 0 Å². The average Bonchev–Trinajstić information content (AvgIpc) is 2.28. The molecule has 0 spiro atoms. The maximum Gasteiger partial charge on any atom is 0.220 e. The SMILES string of the molecule is CS(=O)(=O)N1CCCCC1c1ccnc(N)n1. The summed E-state index contributed by atoms with van der Waals surface area (Å²) in [6.07, 6.45) is 5.47. The first-order chi connectivity index (χ1) is 7.98. The van der Waals surface area contributed by atoms with Gasteiger partial charge in [0.2, 0.25) is 16.0 Å². The third kappa shape index (κ3) is 2.73. The summed E-state index contributed by atoms with van der Waals surface area (Å²) in [6.45, 7) is 0.549. The Hall–Kier alpha value is -1.21. The molecule has 0 radical (unpaired) electrons. The van der Waals surface area contributed by atoms with Crippen molar-refractivity contribution in [1.82, 2.24) is 14.3 Å². The second-order valence-corrected chi connectivity index (χ2v) is 6.16. The molecule has 1 aliphatic heterocycles. The minimum Gasteiger partial charge on any atom is -0.368 e. The van der Waals surface area contributed by atoms with Crippen LogP contribution in [0.25, 0.3) is 0 Å². The number of nitrogens with zero attached hydrogens (tertiary/aromatic N) is 3. The van der Waals surface area contributed by atoms with Gasteiger partial charge in [-0.1, -0.05) is 6.42 Å². The Balaban J connectivity index is 2.34. The molecule has 2 N–H and O–H groups in total. The molecule has 2 rings (SSSR count). The molecule has 17 heavy (non-hydrogen) atoms. The smallest absolute Gasteiger partial charge is 0.220 e. The van der Waals surface area contributed by atoms with Crippen LogP contribution in [0.2, 0.25) is 0 Å². The minimum atomic E-state index is -3.20. The van der Waals surface area contributed by atoms with Crippen LogP contribution in [0.15, 0.2) is 12.3 Å². The van der Waals surface area contributed by atoms with Gasteiger partial charge in [0.05, 0.1) is 18.0 Å². The van der Waals surface area contributed by atoms with Crippen LogP contribution >= 0.6 is 0 Å². The van der Waals surface area contributed by atoms with Gasteiger partial charge < -0.3 is 5.73 Å². The lowest BCUT2D eigenvalue weighted by atomic mass is 10.0. The van der Waals surface area contributed by atoms with Crippen molar-refractivity contribution in [2.45, 2.75) is 25.3 Å². The zero-order valence-corrected chi connectivity index (χ0v) is 10.5. The predicted octanol–water partition coefficient (Wildman–Crippen LogP) is 0.545. The van der Waals surface area contributed by atoms with Gasteiger partial charge in [0.15, 0.2) is 0 Å². The molecular weight excluding hydrogens is 240 g/mol. The Morgan fingerprint density at radius 3 is 2.88 bits per heavy atom. The molecule has 1 aliphatic rings. The van der Waals surface area contributed by atoms with Crippen LogP contribution in [0, 0.1) is 0 Å². The minimum absolute atomic E-state index is 0.182. The molecule has 1 aromatic rings. The van der Waals surface area contributed by atoms with E-state index in [2.05, 4.69) is 9.97 Å². The molecule has 7 heteroatoms. The number of hydrogen-bond donors (Lipinski definition) is 1. The van der Waals surface area contributed by atoms with E-state index in [1.54, 1.807) is 12.3 Å². The van der Waals surface area contributed by atoms with E-state index >= 15 is 0 Å². The molecule has 0 bridgehead atoms. The van der Waals surface area contributed by atoms with Crippen LogP contribution in [0.4, 0.5) is 5.95 Å². The van der Waals surface area contributed by atoms with E-state index in [1.165, 1.54) is 10.6 Å². The summed E-state index contributed by atoms with van der Waals surface area (Å²) in [7, 11) is -3.20. The zero-order chi connectivity index (χ0) is 12.5. The van der Waals surface area contributed by atoms with E-state index in [-0.39, 0.29) is 12.0 Å². The molecule has 0 saturated carbocycles. The number of nitrogen functional groups attached to an aromatic ring is 1. The zero-order valence-electron chi connectivity index (χ0n) is 9.70. The summed E-state index contributed by atoms with van der Waals surface area (Å²) < 4.78 is 24.9. The average molecular weight is 256 g/mol. The number of sulfonamides is 1. The third-order valence-corrected chi connectivity index (χ3v) is 4.21. The monoisotopic (exact) mass is 256 g/mol. The Morgan fingerprint density at radius 1 is 1.47 bits per heavy atom. The molecule has 1 atom stereocenters. The number of aromatic nitrogens is 2. The molecule has 1 aromatic heterocycles. The van der Waals surface area contributed by atoms with Crippen LogP contribution in [-0.4, -0.2) is 35.5 Å². The molecule has 0 aliphatic carbocycles. The molecule has 1 fully saturated rings. The van der Waals surface area contributed by atoms with Gasteiger partial charge in [0.25, 0.3) is 0 Å². The fourth-order valence-electron chi connectivity index (χ4n) is 2.17. The van der Waals surface area contributed by atoms with Crippen molar-refractivity contribution in [2.24, 2.45) is 0 Å². The van der Waals surface area contributed by atoms with Gasteiger partial charge in [-0.25, -0.2) is 18.4 Å². The number of rotatable bonds is 2. The maximum atomic E-state index is 11.7. The van der Waals surface area contributed by atoms with Gasteiger partial charge in [-0.2, -0.15) is 4.31 Å². The Labute approximate surface area is 101 Å². The Bertz CT molecular complexity index is 503. The van der Waals surface area contributed by atoms with Crippen molar-refractivity contribution in [3.8, 4) is 0 Å². The number of hydrogen-bond acceptors (Lipinski definition) is 5. The first-order valence-corrected chi connectivity index (χ1v) is 7.38. The molecule has 0 aromatic carbocycles. The van der Waals surface area contributed by atoms with Crippen molar-refractivity contribution in [3.63, 3.8) is 0 Å². The van der Waals surface area contributed by atoms with E-state index in [1.807, 2.05) is 0 Å². The summed E-state index contributed by atoms with van der Waals surface area (Å²) >= 11 is 0. The van der Waals surface area contributed by atoms with Gasteiger partial charge >= 0.3 is 0 Å². The molecule has 6 nitrogen and oxygen atoms in total. The number of piperidine rings is 1. The van der Waals surface area contributed by atoms with E-state index in [4.69, 9.17) is 5.73 Å². The standard InChI is InChI=1S/C10H16N4O2S/c1-17(15,16)14-7-3-2-4-9(14)8-5-6-12-10(11)13-8/h5-6,9H,2-4,7H2,1H3,(H2,11,12,13). The lowest BCUT2D eigenvalue weighted by Crippen LogP contribution is -2.38. The van der Waals surface area contributed by atoms with Gasteiger partial charge in [-0.05, 0) is 18.9 Å². The fraction of sp³-hybridized carbons (Fsp3) is 0.600. The first kappa shape index (κ1) is 12.3. The van der Waals surface area contributed by atoms with Gasteiger partial charge in [0.1, 0.15) is 0 Å². The Morgan fingerprint density at radius 2 is 2.24 bits per heavy atom. The summed E-state index contributed by atoms with van der Waals surface area (Å²) in [5.74, 6) is 0.182.